The van der Waals surface area contributed by atoms with Crippen LogP contribution >= 0.6 is 0 Å². The lowest BCUT2D eigenvalue weighted by Gasteiger charge is -2.27. The van der Waals surface area contributed by atoms with Crippen molar-refractivity contribution in [1.29, 1.82) is 0 Å². The molecule has 1 fully saturated rings. The summed E-state index contributed by atoms with van der Waals surface area (Å²) in [6.07, 6.45) is 0.146. The number of rotatable bonds is 3. The Morgan fingerprint density at radius 1 is 1.36 bits per heavy atom. The van der Waals surface area contributed by atoms with Gasteiger partial charge in [-0.15, -0.1) is 0 Å². The highest BCUT2D eigenvalue weighted by Gasteiger charge is 2.21. The van der Waals surface area contributed by atoms with Crippen molar-refractivity contribution in [2.24, 2.45) is 0 Å². The number of nitrogens with two attached hydrogens (primary N) is 1. The highest BCUT2D eigenvalue weighted by atomic mass is 16.6. The summed E-state index contributed by atoms with van der Waals surface area (Å²) in [4.78, 5) is 0. The molecule has 0 bridgehead atoms. The summed E-state index contributed by atoms with van der Waals surface area (Å²) in [5.41, 5.74) is 6.29. The Morgan fingerprint density at radius 3 is 2.71 bits per heavy atom. The molecule has 76 valence electrons. The smallest absolute Gasteiger partial charge is 0.162 e. The fourth-order valence-electron chi connectivity index (χ4n) is 1.24. The van der Waals surface area contributed by atoms with Crippen molar-refractivity contribution in [2.45, 2.75) is 6.10 Å². The summed E-state index contributed by atoms with van der Waals surface area (Å²) in [5, 5.41) is 0. The van der Waals surface area contributed by atoms with Crippen LogP contribution in [0.2, 0.25) is 0 Å². The van der Waals surface area contributed by atoms with Crippen LogP contribution in [0, 0.1) is 0 Å². The second-order valence-corrected chi connectivity index (χ2v) is 3.19. The number of anilines is 1. The number of methoxy groups -OCH3 is 1. The topological polar surface area (TPSA) is 53.7 Å². The minimum atomic E-state index is 0.146. The molecule has 2 rings (SSSR count). The third-order valence-electron chi connectivity index (χ3n) is 2.09. The van der Waals surface area contributed by atoms with Gasteiger partial charge in [0.25, 0.3) is 0 Å². The third-order valence-corrected chi connectivity index (χ3v) is 2.09. The summed E-state index contributed by atoms with van der Waals surface area (Å²) in [6, 6.07) is 5.35. The molecule has 0 amide bonds. The minimum absolute atomic E-state index is 0.146. The van der Waals surface area contributed by atoms with E-state index in [-0.39, 0.29) is 6.10 Å². The van der Waals surface area contributed by atoms with Crippen molar-refractivity contribution in [3.8, 4) is 11.5 Å². The first-order valence-corrected chi connectivity index (χ1v) is 4.47. The molecular formula is C10H13NO3. The SMILES string of the molecule is COc1cc(N)ccc1OC1COC1. The number of hydrogen-bond donors (Lipinski definition) is 1. The number of ether oxygens (including phenoxy) is 3. The van der Waals surface area contributed by atoms with E-state index in [2.05, 4.69) is 0 Å². The zero-order valence-electron chi connectivity index (χ0n) is 8.03. The number of hydrogen-bond acceptors (Lipinski definition) is 4. The average Bonchev–Trinajstić information content (AvgIpc) is 2.13. The van der Waals surface area contributed by atoms with Crippen LogP contribution in [-0.2, 0) is 4.74 Å². The van der Waals surface area contributed by atoms with Gasteiger partial charge in [-0.25, -0.2) is 0 Å². The Morgan fingerprint density at radius 2 is 2.14 bits per heavy atom. The normalized spacial score (nSPS) is 16.1. The van der Waals surface area contributed by atoms with E-state index in [4.69, 9.17) is 19.9 Å². The van der Waals surface area contributed by atoms with Gasteiger partial charge in [0.2, 0.25) is 0 Å². The molecular weight excluding hydrogens is 182 g/mol. The molecule has 1 aromatic carbocycles. The lowest BCUT2D eigenvalue weighted by molar-refractivity contribution is -0.0803. The molecule has 1 saturated heterocycles. The molecule has 4 heteroatoms. The molecule has 0 unspecified atom stereocenters. The highest BCUT2D eigenvalue weighted by molar-refractivity contribution is 5.52. The Labute approximate surface area is 82.6 Å². The van der Waals surface area contributed by atoms with Gasteiger partial charge in [0.15, 0.2) is 11.5 Å². The maximum absolute atomic E-state index is 5.62. The molecule has 4 nitrogen and oxygen atoms in total. The Bertz CT molecular complexity index is 323. The van der Waals surface area contributed by atoms with Crippen molar-refractivity contribution in [3.05, 3.63) is 18.2 Å². The number of nitrogen functional groups attached to an aromatic ring is 1. The Balaban J connectivity index is 2.14. The zero-order chi connectivity index (χ0) is 9.97. The molecule has 0 aliphatic carbocycles. The Hall–Kier alpha value is -1.42. The fraction of sp³-hybridized carbons (Fsp3) is 0.400. The predicted molar refractivity (Wildman–Crippen MR) is 52.6 cm³/mol. The van der Waals surface area contributed by atoms with Crippen molar-refractivity contribution in [1.82, 2.24) is 0 Å². The van der Waals surface area contributed by atoms with E-state index in [1.807, 2.05) is 6.07 Å². The second kappa shape index (κ2) is 3.75. The third kappa shape index (κ3) is 1.75. The van der Waals surface area contributed by atoms with Gasteiger partial charge in [0, 0.05) is 11.8 Å². The summed E-state index contributed by atoms with van der Waals surface area (Å²) in [7, 11) is 1.60. The molecule has 0 saturated carbocycles. The van der Waals surface area contributed by atoms with Gasteiger partial charge < -0.3 is 19.9 Å². The van der Waals surface area contributed by atoms with E-state index in [9.17, 15) is 0 Å². The zero-order valence-corrected chi connectivity index (χ0v) is 8.03. The molecule has 1 aliphatic heterocycles. The van der Waals surface area contributed by atoms with Crippen LogP contribution in [0.25, 0.3) is 0 Å². The van der Waals surface area contributed by atoms with E-state index in [1.165, 1.54) is 0 Å². The van der Waals surface area contributed by atoms with Crippen molar-refractivity contribution < 1.29 is 14.2 Å². The maximum Gasteiger partial charge on any atom is 0.162 e. The molecule has 0 aromatic heterocycles. The average molecular weight is 195 g/mol. The van der Waals surface area contributed by atoms with Gasteiger partial charge in [-0.2, -0.15) is 0 Å². The van der Waals surface area contributed by atoms with Gasteiger partial charge in [0.05, 0.1) is 20.3 Å². The van der Waals surface area contributed by atoms with Crippen LogP contribution < -0.4 is 15.2 Å². The van der Waals surface area contributed by atoms with Crippen LogP contribution in [0.3, 0.4) is 0 Å². The molecule has 0 radical (unpaired) electrons. The van der Waals surface area contributed by atoms with Gasteiger partial charge in [0.1, 0.15) is 6.10 Å². The number of benzene rings is 1. The van der Waals surface area contributed by atoms with Crippen LogP contribution in [0.4, 0.5) is 5.69 Å². The fourth-order valence-corrected chi connectivity index (χ4v) is 1.24. The lowest BCUT2D eigenvalue weighted by Crippen LogP contribution is -2.38. The van der Waals surface area contributed by atoms with E-state index < -0.39 is 0 Å². The van der Waals surface area contributed by atoms with Crippen LogP contribution in [0.1, 0.15) is 0 Å². The first kappa shape index (κ1) is 9.15. The summed E-state index contributed by atoms with van der Waals surface area (Å²) in [5.74, 6) is 1.38. The van der Waals surface area contributed by atoms with E-state index in [0.717, 1.165) is 5.75 Å². The first-order chi connectivity index (χ1) is 6.79. The Kier molecular flexibility index (Phi) is 2.45. The molecule has 1 heterocycles. The van der Waals surface area contributed by atoms with Gasteiger partial charge in [-0.05, 0) is 12.1 Å². The van der Waals surface area contributed by atoms with Crippen LogP contribution in [0.15, 0.2) is 18.2 Å². The molecule has 1 aromatic rings. The summed E-state index contributed by atoms with van der Waals surface area (Å²) in [6.45, 7) is 1.29. The molecule has 2 N–H and O–H groups in total. The van der Waals surface area contributed by atoms with Crippen LogP contribution in [-0.4, -0.2) is 26.4 Å². The summed E-state index contributed by atoms with van der Waals surface area (Å²) < 4.78 is 15.8. The molecule has 14 heavy (non-hydrogen) atoms. The maximum atomic E-state index is 5.62. The van der Waals surface area contributed by atoms with Crippen molar-refractivity contribution in [2.75, 3.05) is 26.1 Å². The quantitative estimate of drug-likeness (QED) is 0.732. The lowest BCUT2D eigenvalue weighted by atomic mass is 10.2. The molecule has 0 spiro atoms. The molecule has 0 atom stereocenters. The predicted octanol–water partition coefficient (Wildman–Crippen LogP) is 1.06. The standard InChI is InChI=1S/C10H13NO3/c1-12-10-4-7(11)2-3-9(10)14-8-5-13-6-8/h2-4,8H,5-6,11H2,1H3. The van der Waals surface area contributed by atoms with E-state index in [1.54, 1.807) is 19.2 Å². The van der Waals surface area contributed by atoms with E-state index in [0.29, 0.717) is 24.7 Å². The van der Waals surface area contributed by atoms with Gasteiger partial charge in [-0.1, -0.05) is 0 Å². The minimum Gasteiger partial charge on any atom is -0.493 e. The van der Waals surface area contributed by atoms with Crippen LogP contribution in [0.5, 0.6) is 11.5 Å². The van der Waals surface area contributed by atoms with Gasteiger partial charge >= 0.3 is 0 Å². The largest absolute Gasteiger partial charge is 0.493 e. The molecule has 1 aliphatic rings. The van der Waals surface area contributed by atoms with E-state index >= 15 is 0 Å². The first-order valence-electron chi connectivity index (χ1n) is 4.47. The van der Waals surface area contributed by atoms with Crippen molar-refractivity contribution >= 4 is 5.69 Å². The highest BCUT2D eigenvalue weighted by Crippen LogP contribution is 2.30. The monoisotopic (exact) mass is 195 g/mol. The van der Waals surface area contributed by atoms with Gasteiger partial charge in [-0.3, -0.25) is 0 Å². The summed E-state index contributed by atoms with van der Waals surface area (Å²) >= 11 is 0. The second-order valence-electron chi connectivity index (χ2n) is 3.19. The van der Waals surface area contributed by atoms with Crippen molar-refractivity contribution in [3.63, 3.8) is 0 Å².